The van der Waals surface area contributed by atoms with E-state index in [1.807, 2.05) is 36.4 Å². The number of rotatable bonds is 5. The molecule has 1 N–H and O–H groups in total. The second-order valence-electron chi connectivity index (χ2n) is 4.62. The van der Waals surface area contributed by atoms with Gasteiger partial charge in [-0.25, -0.2) is 0 Å². The fourth-order valence-corrected chi connectivity index (χ4v) is 2.04. The number of anilines is 1. The molecule has 0 aliphatic rings. The monoisotopic (exact) mass is 276 g/mol. The van der Waals surface area contributed by atoms with Gasteiger partial charge in [0.15, 0.2) is 0 Å². The third-order valence-electron chi connectivity index (χ3n) is 3.13. The Hall–Kier alpha value is -2.81. The number of hydrogen-bond acceptors (Lipinski definition) is 3. The summed E-state index contributed by atoms with van der Waals surface area (Å²) in [5, 5.41) is 3.35. The first-order valence-corrected chi connectivity index (χ1v) is 6.86. The van der Waals surface area contributed by atoms with E-state index in [4.69, 9.17) is 4.42 Å². The fourth-order valence-electron chi connectivity index (χ4n) is 2.04. The van der Waals surface area contributed by atoms with Crippen LogP contribution in [0.5, 0.6) is 0 Å². The highest BCUT2D eigenvalue weighted by molar-refractivity contribution is 5.61. The molecule has 0 unspecified atom stereocenters. The lowest BCUT2D eigenvalue weighted by Crippen LogP contribution is -1.97. The summed E-state index contributed by atoms with van der Waals surface area (Å²) in [6.07, 6.45) is 9.44. The maximum absolute atomic E-state index is 5.37. The highest BCUT2D eigenvalue weighted by Gasteiger charge is 1.99. The molecule has 3 aromatic rings. The van der Waals surface area contributed by atoms with E-state index >= 15 is 0 Å². The molecule has 0 amide bonds. The molecule has 3 nitrogen and oxygen atoms in total. The first kappa shape index (κ1) is 13.2. The van der Waals surface area contributed by atoms with Gasteiger partial charge in [-0.3, -0.25) is 4.98 Å². The number of furan rings is 1. The Morgan fingerprint density at radius 2 is 1.81 bits per heavy atom. The van der Waals surface area contributed by atoms with Gasteiger partial charge in [0.2, 0.25) is 0 Å². The molecule has 0 spiro atoms. The Morgan fingerprint density at radius 3 is 2.52 bits per heavy atom. The Bertz CT molecular complexity index is 686. The van der Waals surface area contributed by atoms with Crippen LogP contribution in [0.15, 0.2) is 77.7 Å². The van der Waals surface area contributed by atoms with Crippen molar-refractivity contribution in [2.24, 2.45) is 0 Å². The molecule has 0 aliphatic carbocycles. The Morgan fingerprint density at radius 1 is 1.00 bits per heavy atom. The average molecular weight is 276 g/mol. The lowest BCUT2D eigenvalue weighted by Gasteiger charge is -2.04. The van der Waals surface area contributed by atoms with E-state index < -0.39 is 0 Å². The Balaban J connectivity index is 1.55. The van der Waals surface area contributed by atoms with Gasteiger partial charge in [-0.05, 0) is 54.1 Å². The van der Waals surface area contributed by atoms with Crippen molar-refractivity contribution >= 4 is 11.8 Å². The topological polar surface area (TPSA) is 38.1 Å². The summed E-state index contributed by atoms with van der Waals surface area (Å²) in [4.78, 5) is 3.99. The summed E-state index contributed by atoms with van der Waals surface area (Å²) >= 11 is 0. The zero-order chi connectivity index (χ0) is 14.3. The molecule has 1 aromatic carbocycles. The van der Waals surface area contributed by atoms with Crippen LogP contribution in [0.25, 0.3) is 17.4 Å². The van der Waals surface area contributed by atoms with Crippen LogP contribution in [0.4, 0.5) is 5.69 Å². The fraction of sp³-hybridized carbons (Fsp3) is 0.0556. The number of nitrogens with one attached hydrogen (secondary N) is 1. The first-order chi connectivity index (χ1) is 10.4. The molecular weight excluding hydrogens is 260 g/mol. The van der Waals surface area contributed by atoms with Crippen LogP contribution in [0.3, 0.4) is 0 Å². The number of pyridine rings is 1. The van der Waals surface area contributed by atoms with E-state index in [2.05, 4.69) is 34.6 Å². The van der Waals surface area contributed by atoms with Crippen molar-refractivity contribution in [1.29, 1.82) is 0 Å². The minimum Gasteiger partial charge on any atom is -0.464 e. The summed E-state index contributed by atoms with van der Waals surface area (Å²) in [7, 11) is 0. The normalized spacial score (nSPS) is 10.9. The van der Waals surface area contributed by atoms with Gasteiger partial charge in [0.25, 0.3) is 0 Å². The minimum absolute atomic E-state index is 0.780. The van der Waals surface area contributed by atoms with Crippen LogP contribution < -0.4 is 5.32 Å². The molecule has 0 aliphatic heterocycles. The van der Waals surface area contributed by atoms with Gasteiger partial charge in [0, 0.05) is 30.2 Å². The van der Waals surface area contributed by atoms with Crippen molar-refractivity contribution < 1.29 is 4.42 Å². The predicted molar refractivity (Wildman–Crippen MR) is 85.9 cm³/mol. The summed E-state index contributed by atoms with van der Waals surface area (Å²) in [5.74, 6) is 0.888. The summed E-state index contributed by atoms with van der Waals surface area (Å²) in [6.45, 7) is 0.780. The summed E-state index contributed by atoms with van der Waals surface area (Å²) in [6, 6.07) is 16.0. The van der Waals surface area contributed by atoms with Crippen LogP contribution in [0.2, 0.25) is 0 Å². The van der Waals surface area contributed by atoms with Crippen molar-refractivity contribution in [1.82, 2.24) is 4.98 Å². The van der Waals surface area contributed by atoms with Crippen molar-refractivity contribution in [3.8, 4) is 11.3 Å². The lowest BCUT2D eigenvalue weighted by atomic mass is 10.1. The van der Waals surface area contributed by atoms with Crippen LogP contribution in [-0.2, 0) is 0 Å². The molecular formula is C18H16N2O. The Kier molecular flexibility index (Phi) is 4.12. The van der Waals surface area contributed by atoms with Crippen molar-refractivity contribution in [2.75, 3.05) is 11.9 Å². The van der Waals surface area contributed by atoms with E-state index in [-0.39, 0.29) is 0 Å². The molecule has 0 saturated heterocycles. The van der Waals surface area contributed by atoms with Crippen molar-refractivity contribution in [2.45, 2.75) is 0 Å². The van der Waals surface area contributed by atoms with Gasteiger partial charge in [-0.2, -0.15) is 0 Å². The molecule has 3 heteroatoms. The minimum atomic E-state index is 0.780. The second-order valence-corrected chi connectivity index (χ2v) is 4.62. The largest absolute Gasteiger partial charge is 0.464 e. The van der Waals surface area contributed by atoms with Crippen LogP contribution in [0.1, 0.15) is 5.56 Å². The van der Waals surface area contributed by atoms with Crippen LogP contribution in [-0.4, -0.2) is 11.5 Å². The number of benzene rings is 1. The average Bonchev–Trinajstić information content (AvgIpc) is 3.08. The standard InChI is InChI=1S/C18H16N2O/c1(3-15-9-12-19-13-10-15)11-20-17-7-5-16(6-8-17)18-4-2-14-21-18/h1-10,12-14,20H,11H2/b3-1+. The van der Waals surface area contributed by atoms with Gasteiger partial charge in [-0.1, -0.05) is 12.2 Å². The molecule has 21 heavy (non-hydrogen) atoms. The van der Waals surface area contributed by atoms with Crippen molar-refractivity contribution in [3.63, 3.8) is 0 Å². The van der Waals surface area contributed by atoms with Crippen LogP contribution in [0, 0.1) is 0 Å². The number of hydrogen-bond donors (Lipinski definition) is 1. The molecule has 0 fully saturated rings. The zero-order valence-electron chi connectivity index (χ0n) is 11.6. The molecule has 0 radical (unpaired) electrons. The number of nitrogens with zero attached hydrogens (tertiary/aromatic N) is 1. The van der Waals surface area contributed by atoms with Crippen molar-refractivity contribution in [3.05, 3.63) is 78.8 Å². The molecule has 0 atom stereocenters. The van der Waals surface area contributed by atoms with E-state index in [0.717, 1.165) is 29.1 Å². The SMILES string of the molecule is C(=C\c1ccncc1)/CNc1ccc(-c2ccco2)cc1. The summed E-state index contributed by atoms with van der Waals surface area (Å²) in [5.41, 5.74) is 3.32. The van der Waals surface area contributed by atoms with Gasteiger partial charge in [0.05, 0.1) is 6.26 Å². The van der Waals surface area contributed by atoms with E-state index in [9.17, 15) is 0 Å². The Labute approximate surface area is 124 Å². The van der Waals surface area contributed by atoms with Gasteiger partial charge >= 0.3 is 0 Å². The highest BCUT2D eigenvalue weighted by atomic mass is 16.3. The molecule has 104 valence electrons. The van der Waals surface area contributed by atoms with Gasteiger partial charge < -0.3 is 9.73 Å². The second kappa shape index (κ2) is 6.57. The summed E-state index contributed by atoms with van der Waals surface area (Å²) < 4.78 is 5.37. The maximum atomic E-state index is 5.37. The molecule has 0 saturated carbocycles. The first-order valence-electron chi connectivity index (χ1n) is 6.86. The van der Waals surface area contributed by atoms with Gasteiger partial charge in [0.1, 0.15) is 5.76 Å². The van der Waals surface area contributed by atoms with E-state index in [1.54, 1.807) is 18.7 Å². The van der Waals surface area contributed by atoms with E-state index in [1.165, 1.54) is 0 Å². The molecule has 3 rings (SSSR count). The zero-order valence-corrected chi connectivity index (χ0v) is 11.6. The predicted octanol–water partition coefficient (Wildman–Crippen LogP) is 4.47. The molecule has 2 aromatic heterocycles. The smallest absolute Gasteiger partial charge is 0.133 e. The third-order valence-corrected chi connectivity index (χ3v) is 3.13. The highest BCUT2D eigenvalue weighted by Crippen LogP contribution is 2.21. The van der Waals surface area contributed by atoms with Gasteiger partial charge in [-0.15, -0.1) is 0 Å². The van der Waals surface area contributed by atoms with Crippen LogP contribution >= 0.6 is 0 Å². The van der Waals surface area contributed by atoms with E-state index in [0.29, 0.717) is 0 Å². The lowest BCUT2D eigenvalue weighted by molar-refractivity contribution is 0.582. The molecule has 0 bridgehead atoms. The number of aromatic nitrogens is 1. The maximum Gasteiger partial charge on any atom is 0.133 e. The quantitative estimate of drug-likeness (QED) is 0.747. The third kappa shape index (κ3) is 3.60. The molecule has 2 heterocycles.